The van der Waals surface area contributed by atoms with Crippen molar-refractivity contribution in [3.05, 3.63) is 24.3 Å². The van der Waals surface area contributed by atoms with Crippen LogP contribution in [0.1, 0.15) is 12.8 Å². The van der Waals surface area contributed by atoms with E-state index in [1.54, 1.807) is 0 Å². The quantitative estimate of drug-likeness (QED) is 0.106. The first-order chi connectivity index (χ1) is 18.1. The van der Waals surface area contributed by atoms with Gasteiger partial charge in [0.15, 0.2) is 0 Å². The molecule has 0 spiro atoms. The normalized spacial score (nSPS) is 17.3. The van der Waals surface area contributed by atoms with E-state index in [0.717, 1.165) is 34.1 Å². The fourth-order valence-electron chi connectivity index (χ4n) is 3.22. The molecule has 38 heavy (non-hydrogen) atoms. The van der Waals surface area contributed by atoms with Crippen LogP contribution in [0.15, 0.2) is 24.3 Å². The molecule has 0 aromatic carbocycles. The van der Waals surface area contributed by atoms with E-state index in [2.05, 4.69) is 10.6 Å². The van der Waals surface area contributed by atoms with Crippen molar-refractivity contribution in [1.82, 2.24) is 20.4 Å². The molecule has 2 atom stereocenters. The number of amides is 6. The lowest BCUT2D eigenvalue weighted by Gasteiger charge is -2.17. The number of imide groups is 2. The molecule has 15 nitrogen and oxygen atoms in total. The summed E-state index contributed by atoms with van der Waals surface area (Å²) in [4.78, 5) is 71.1. The van der Waals surface area contributed by atoms with Crippen LogP contribution < -0.4 is 10.6 Å². The maximum Gasteiger partial charge on any atom is 0.253 e. The van der Waals surface area contributed by atoms with E-state index >= 15 is 0 Å². The van der Waals surface area contributed by atoms with E-state index in [0.29, 0.717) is 0 Å². The summed E-state index contributed by atoms with van der Waals surface area (Å²) in [5, 5.41) is 34.5. The number of nitrogens with one attached hydrogen (secondary N) is 2. The maximum absolute atomic E-state index is 11.8. The second kappa shape index (κ2) is 15.7. The van der Waals surface area contributed by atoms with Crippen molar-refractivity contribution >= 4 is 35.4 Å². The van der Waals surface area contributed by atoms with Gasteiger partial charge in [-0.1, -0.05) is 0 Å². The molecule has 2 aliphatic heterocycles. The number of rotatable bonds is 18. The van der Waals surface area contributed by atoms with Crippen molar-refractivity contribution in [3.63, 3.8) is 0 Å². The molecule has 0 aromatic heterocycles. The summed E-state index contributed by atoms with van der Waals surface area (Å²) in [6, 6.07) is 0. The van der Waals surface area contributed by atoms with Crippen LogP contribution in [-0.2, 0) is 38.2 Å². The molecule has 2 heterocycles. The molecule has 5 N–H and O–H groups in total. The Morgan fingerprint density at radius 1 is 0.632 bits per heavy atom. The molecule has 210 valence electrons. The van der Waals surface area contributed by atoms with Gasteiger partial charge in [0.25, 0.3) is 23.6 Å². The number of nitrogens with zero attached hydrogens (tertiary/aromatic N) is 2. The van der Waals surface area contributed by atoms with Gasteiger partial charge >= 0.3 is 0 Å². The minimum absolute atomic E-state index is 0.0721. The Hall–Kier alpha value is -3.50. The third-order valence-corrected chi connectivity index (χ3v) is 5.24. The number of aliphatic hydroxyl groups is 3. The maximum atomic E-state index is 11.8. The van der Waals surface area contributed by atoms with Crippen LogP contribution in [0.3, 0.4) is 0 Å². The number of hydrogen-bond acceptors (Lipinski definition) is 11. The zero-order chi connectivity index (χ0) is 28.1. The van der Waals surface area contributed by atoms with Crippen molar-refractivity contribution < 1.29 is 53.6 Å². The zero-order valence-electron chi connectivity index (χ0n) is 20.6. The van der Waals surface area contributed by atoms with Gasteiger partial charge in [0, 0.05) is 63.3 Å². The van der Waals surface area contributed by atoms with E-state index in [4.69, 9.17) is 9.47 Å². The number of carbonyl (C=O) groups is 6. The highest BCUT2D eigenvalue weighted by Gasteiger charge is 2.24. The molecule has 0 aliphatic carbocycles. The highest BCUT2D eigenvalue weighted by Crippen LogP contribution is 2.05. The highest BCUT2D eigenvalue weighted by atomic mass is 16.5. The van der Waals surface area contributed by atoms with Gasteiger partial charge in [-0.05, 0) is 0 Å². The summed E-state index contributed by atoms with van der Waals surface area (Å²) >= 11 is 0. The van der Waals surface area contributed by atoms with Gasteiger partial charge in [-0.3, -0.25) is 38.6 Å². The fourth-order valence-corrected chi connectivity index (χ4v) is 3.22. The molecule has 0 aromatic rings. The number of hydrogen-bond donors (Lipinski definition) is 5. The second-order valence-electron chi connectivity index (χ2n) is 8.47. The Bertz CT molecular complexity index is 842. The molecule has 2 aliphatic rings. The van der Waals surface area contributed by atoms with Gasteiger partial charge in [-0.25, -0.2) is 0 Å². The van der Waals surface area contributed by atoms with Crippen LogP contribution in [0.4, 0.5) is 0 Å². The smallest absolute Gasteiger partial charge is 0.253 e. The first kappa shape index (κ1) is 30.7. The lowest BCUT2D eigenvalue weighted by atomic mass is 10.3. The van der Waals surface area contributed by atoms with Crippen molar-refractivity contribution in [1.29, 1.82) is 0 Å². The molecule has 6 amide bonds. The Kier molecular flexibility index (Phi) is 12.7. The van der Waals surface area contributed by atoms with Crippen molar-refractivity contribution in [2.45, 2.75) is 31.2 Å². The zero-order valence-corrected chi connectivity index (χ0v) is 20.6. The molecular formula is C23H32N4O11. The van der Waals surface area contributed by atoms with Gasteiger partial charge in [-0.15, -0.1) is 0 Å². The molecule has 0 fully saturated rings. The predicted octanol–water partition coefficient (Wildman–Crippen LogP) is -4.04. The van der Waals surface area contributed by atoms with Gasteiger partial charge in [0.2, 0.25) is 11.8 Å². The van der Waals surface area contributed by atoms with Gasteiger partial charge in [0.1, 0.15) is 6.10 Å². The van der Waals surface area contributed by atoms with E-state index in [1.807, 2.05) is 0 Å². The molecule has 0 radical (unpaired) electrons. The lowest BCUT2D eigenvalue weighted by Crippen LogP contribution is -2.39. The molecular weight excluding hydrogens is 508 g/mol. The average molecular weight is 541 g/mol. The molecule has 2 unspecified atom stereocenters. The standard InChI is InChI=1S/C23H32N4O11/c28-15(9-24-18(31)5-7-26-20(33)1-2-21(26)34)11-37-13-17(30)14-38-12-16(29)10-25-19(32)6-8-27-22(35)3-4-23(27)36/h1-4,15-17,28-30H,5-14H2,(H,24,31)(H,25,32). The van der Waals surface area contributed by atoms with Gasteiger partial charge < -0.3 is 35.4 Å². The summed E-state index contributed by atoms with van der Waals surface area (Å²) in [7, 11) is 0. The van der Waals surface area contributed by atoms with E-state index in [9.17, 15) is 44.1 Å². The Balaban J connectivity index is 1.45. The summed E-state index contributed by atoms with van der Waals surface area (Å²) in [5.41, 5.74) is 0. The van der Waals surface area contributed by atoms with E-state index in [-0.39, 0.29) is 65.4 Å². The van der Waals surface area contributed by atoms with Crippen LogP contribution in [0.5, 0.6) is 0 Å². The third kappa shape index (κ3) is 10.9. The Labute approximate surface area is 218 Å². The number of carbonyl (C=O) groups excluding carboxylic acids is 6. The molecule has 15 heteroatoms. The van der Waals surface area contributed by atoms with Crippen LogP contribution in [0.2, 0.25) is 0 Å². The summed E-state index contributed by atoms with van der Waals surface area (Å²) in [5.74, 6) is -2.87. The Morgan fingerprint density at radius 2 is 0.947 bits per heavy atom. The van der Waals surface area contributed by atoms with Crippen molar-refractivity contribution in [2.75, 3.05) is 52.6 Å². The van der Waals surface area contributed by atoms with Crippen LogP contribution >= 0.6 is 0 Å². The molecule has 0 bridgehead atoms. The SMILES string of the molecule is O=C(CCN1C(=O)C=CC1=O)NCC(O)COCC(O)COCC(O)CNC(=O)CCN1C(=O)C=CC1=O. The van der Waals surface area contributed by atoms with Crippen molar-refractivity contribution in [3.8, 4) is 0 Å². The fraction of sp³-hybridized carbons (Fsp3) is 0.565. The second-order valence-corrected chi connectivity index (χ2v) is 8.47. The van der Waals surface area contributed by atoms with Crippen LogP contribution in [0, 0.1) is 0 Å². The van der Waals surface area contributed by atoms with Crippen LogP contribution in [0.25, 0.3) is 0 Å². The topological polar surface area (TPSA) is 212 Å². The first-order valence-corrected chi connectivity index (χ1v) is 11.9. The summed E-state index contributed by atoms with van der Waals surface area (Å²) < 4.78 is 10.3. The molecule has 2 rings (SSSR count). The largest absolute Gasteiger partial charge is 0.389 e. The van der Waals surface area contributed by atoms with Gasteiger partial charge in [0.05, 0.1) is 38.6 Å². The summed E-state index contributed by atoms with van der Waals surface area (Å²) in [6.07, 6.45) is 1.07. The average Bonchev–Trinajstić information content (AvgIpc) is 3.37. The molecule has 0 saturated carbocycles. The minimum atomic E-state index is -1.06. The predicted molar refractivity (Wildman–Crippen MR) is 127 cm³/mol. The first-order valence-electron chi connectivity index (χ1n) is 11.9. The highest BCUT2D eigenvalue weighted by molar-refractivity contribution is 6.13. The van der Waals surface area contributed by atoms with E-state index in [1.165, 1.54) is 0 Å². The minimum Gasteiger partial charge on any atom is -0.389 e. The molecule has 0 saturated heterocycles. The van der Waals surface area contributed by atoms with Gasteiger partial charge in [-0.2, -0.15) is 0 Å². The van der Waals surface area contributed by atoms with Crippen LogP contribution in [-0.4, -0.2) is 131 Å². The van der Waals surface area contributed by atoms with Crippen molar-refractivity contribution in [2.24, 2.45) is 0 Å². The monoisotopic (exact) mass is 540 g/mol. The number of ether oxygens (including phenoxy) is 2. The Morgan fingerprint density at radius 3 is 1.29 bits per heavy atom. The third-order valence-electron chi connectivity index (χ3n) is 5.24. The number of aliphatic hydroxyl groups excluding tert-OH is 3. The summed E-state index contributed by atoms with van der Waals surface area (Å²) in [6.45, 7) is -1.17. The van der Waals surface area contributed by atoms with E-state index < -0.39 is 53.8 Å². The lowest BCUT2D eigenvalue weighted by molar-refractivity contribution is -0.139.